The lowest BCUT2D eigenvalue weighted by Crippen LogP contribution is -2.40. The molecule has 4 aliphatic carbocycles. The topological polar surface area (TPSA) is 17.1 Å². The van der Waals surface area contributed by atoms with Crippen LogP contribution < -0.4 is 0 Å². The second-order valence-corrected chi connectivity index (χ2v) is 9.49. The molecule has 1 nitrogen and oxygen atoms in total. The van der Waals surface area contributed by atoms with E-state index in [1.54, 1.807) is 11.1 Å². The molecule has 0 aliphatic heterocycles. The minimum Gasteiger partial charge on any atom is -0.299 e. The fourth-order valence-electron chi connectivity index (χ4n) is 6.78. The van der Waals surface area contributed by atoms with Gasteiger partial charge in [0.1, 0.15) is 5.78 Å². The van der Waals surface area contributed by atoms with Crippen LogP contribution in [0.4, 0.5) is 0 Å². The predicted octanol–water partition coefficient (Wildman–Crippen LogP) is 6.92. The zero-order valence-corrected chi connectivity index (χ0v) is 16.2. The van der Waals surface area contributed by atoms with E-state index in [1.165, 1.54) is 83.5 Å². The molecule has 0 N–H and O–H groups in total. The van der Waals surface area contributed by atoms with Gasteiger partial charge >= 0.3 is 0 Å². The van der Waals surface area contributed by atoms with Crippen molar-refractivity contribution in [2.75, 3.05) is 0 Å². The third-order valence-electron chi connectivity index (χ3n) is 7.98. The fourth-order valence-corrected chi connectivity index (χ4v) is 6.78. The van der Waals surface area contributed by atoms with Crippen LogP contribution in [0.25, 0.3) is 0 Å². The zero-order valence-electron chi connectivity index (χ0n) is 16.2. The van der Waals surface area contributed by atoms with Crippen LogP contribution >= 0.6 is 0 Å². The Morgan fingerprint density at radius 2 is 1.92 bits per heavy atom. The molecule has 0 amide bonds. The number of hydrogen-bond donors (Lipinski definition) is 0. The van der Waals surface area contributed by atoms with Gasteiger partial charge in [0.15, 0.2) is 0 Å². The lowest BCUT2D eigenvalue weighted by molar-refractivity contribution is -0.129. The van der Waals surface area contributed by atoms with Crippen molar-refractivity contribution < 1.29 is 4.79 Å². The van der Waals surface area contributed by atoms with E-state index in [0.29, 0.717) is 11.7 Å². The molecule has 4 rings (SSSR count). The lowest BCUT2D eigenvalue weighted by atomic mass is 9.56. The number of allylic oxidation sites excluding steroid dienone is 4. The van der Waals surface area contributed by atoms with Crippen LogP contribution in [-0.4, -0.2) is 5.78 Å². The quantitative estimate of drug-likeness (QED) is 0.479. The number of fused-ring (bicyclic) bond motifs is 1. The molecule has 0 aromatic carbocycles. The molecule has 0 saturated heterocycles. The van der Waals surface area contributed by atoms with Crippen molar-refractivity contribution in [1.82, 2.24) is 0 Å². The summed E-state index contributed by atoms with van der Waals surface area (Å²) in [6, 6.07) is 0. The van der Waals surface area contributed by atoms with Gasteiger partial charge in [-0.25, -0.2) is 0 Å². The number of carbonyl (C=O) groups is 1. The molecule has 2 bridgehead atoms. The van der Waals surface area contributed by atoms with E-state index in [2.05, 4.69) is 19.1 Å². The van der Waals surface area contributed by atoms with Gasteiger partial charge in [-0.05, 0) is 62.9 Å². The second-order valence-electron chi connectivity index (χ2n) is 9.49. The average Bonchev–Trinajstić information content (AvgIpc) is 2.87. The van der Waals surface area contributed by atoms with Crippen molar-refractivity contribution in [3.05, 3.63) is 23.3 Å². The first-order valence-electron chi connectivity index (χ1n) is 11.1. The van der Waals surface area contributed by atoms with E-state index in [0.717, 1.165) is 12.8 Å². The molecule has 1 heteroatoms. The third-order valence-corrected chi connectivity index (χ3v) is 7.98. The van der Waals surface area contributed by atoms with Crippen LogP contribution in [0, 0.1) is 16.7 Å². The first-order chi connectivity index (χ1) is 12.2. The number of Topliss-reactive ketones (excluding diaryl/α,β-unsaturated/α-hetero) is 1. The van der Waals surface area contributed by atoms with Crippen LogP contribution in [0.5, 0.6) is 0 Å². The van der Waals surface area contributed by atoms with Crippen LogP contribution in [0.3, 0.4) is 0 Å². The summed E-state index contributed by atoms with van der Waals surface area (Å²) >= 11 is 0. The Morgan fingerprint density at radius 1 is 1.08 bits per heavy atom. The molecule has 0 aromatic rings. The number of rotatable bonds is 6. The Hall–Kier alpha value is -0.850. The molecule has 1 spiro atoms. The van der Waals surface area contributed by atoms with Crippen LogP contribution in [0.2, 0.25) is 0 Å². The van der Waals surface area contributed by atoms with Gasteiger partial charge in [0, 0.05) is 17.3 Å². The van der Waals surface area contributed by atoms with E-state index in [-0.39, 0.29) is 10.8 Å². The molecular weight excluding hydrogens is 304 g/mol. The highest BCUT2D eigenvalue weighted by Gasteiger charge is 2.61. The summed E-state index contributed by atoms with van der Waals surface area (Å²) in [5, 5.41) is 0. The number of unbranched alkanes of at least 4 members (excludes halogenated alkanes) is 3. The summed E-state index contributed by atoms with van der Waals surface area (Å²) in [5.41, 5.74) is 3.58. The normalized spacial score (nSPS) is 35.3. The van der Waals surface area contributed by atoms with Gasteiger partial charge in [0.25, 0.3) is 0 Å². The van der Waals surface area contributed by atoms with Crippen molar-refractivity contribution in [1.29, 1.82) is 0 Å². The van der Waals surface area contributed by atoms with Gasteiger partial charge in [-0.15, -0.1) is 0 Å². The highest BCUT2D eigenvalue weighted by atomic mass is 16.1. The Labute approximate surface area is 154 Å². The van der Waals surface area contributed by atoms with E-state index >= 15 is 0 Å². The monoisotopic (exact) mass is 340 g/mol. The van der Waals surface area contributed by atoms with E-state index in [9.17, 15) is 4.79 Å². The molecule has 2 fully saturated rings. The summed E-state index contributed by atoms with van der Waals surface area (Å²) in [4.78, 5) is 13.4. The molecule has 25 heavy (non-hydrogen) atoms. The highest BCUT2D eigenvalue weighted by Crippen LogP contribution is 2.66. The summed E-state index contributed by atoms with van der Waals surface area (Å²) in [6.07, 6.45) is 23.7. The van der Waals surface area contributed by atoms with Gasteiger partial charge in [-0.1, -0.05) is 63.2 Å². The summed E-state index contributed by atoms with van der Waals surface area (Å²) in [7, 11) is 0. The average molecular weight is 341 g/mol. The molecular formula is C24H36O. The van der Waals surface area contributed by atoms with Crippen molar-refractivity contribution >= 4 is 5.78 Å². The smallest absolute Gasteiger partial charge is 0.140 e. The predicted molar refractivity (Wildman–Crippen MR) is 104 cm³/mol. The maximum atomic E-state index is 13.4. The fraction of sp³-hybridized carbons (Fsp3) is 0.792. The maximum absolute atomic E-state index is 13.4. The lowest BCUT2D eigenvalue weighted by Gasteiger charge is -2.47. The van der Waals surface area contributed by atoms with Crippen LogP contribution in [0.1, 0.15) is 103 Å². The van der Waals surface area contributed by atoms with Crippen LogP contribution in [0.15, 0.2) is 23.3 Å². The molecule has 138 valence electrons. The molecule has 0 radical (unpaired) electrons. The Bertz CT molecular complexity index is 577. The molecule has 2 saturated carbocycles. The number of carbonyl (C=O) groups excluding carboxylic acids is 1. The first-order valence-corrected chi connectivity index (χ1v) is 11.1. The Balaban J connectivity index is 1.64. The molecule has 0 heterocycles. The summed E-state index contributed by atoms with van der Waals surface area (Å²) in [5.74, 6) is 1.34. The van der Waals surface area contributed by atoms with Gasteiger partial charge < -0.3 is 0 Å². The molecule has 0 aromatic heterocycles. The van der Waals surface area contributed by atoms with E-state index in [1.807, 2.05) is 0 Å². The Morgan fingerprint density at radius 3 is 2.72 bits per heavy atom. The summed E-state index contributed by atoms with van der Waals surface area (Å²) in [6.45, 7) is 2.29. The second kappa shape index (κ2) is 7.05. The van der Waals surface area contributed by atoms with Gasteiger partial charge in [0.2, 0.25) is 0 Å². The minimum atomic E-state index is 0.0369. The third kappa shape index (κ3) is 2.96. The maximum Gasteiger partial charge on any atom is 0.140 e. The first kappa shape index (κ1) is 17.6. The SMILES string of the molecule is CCCCCCC1=C2C=CCC[C@]23CC(=O)[C@](C2CCCCC2)(C1)C3. The van der Waals surface area contributed by atoms with Crippen molar-refractivity contribution in [2.24, 2.45) is 16.7 Å². The van der Waals surface area contributed by atoms with Gasteiger partial charge in [0.05, 0.1) is 0 Å². The molecule has 2 atom stereocenters. The number of ketones is 1. The van der Waals surface area contributed by atoms with Gasteiger partial charge in [-0.3, -0.25) is 4.79 Å². The minimum absolute atomic E-state index is 0.0369. The van der Waals surface area contributed by atoms with Crippen molar-refractivity contribution in [3.63, 3.8) is 0 Å². The van der Waals surface area contributed by atoms with E-state index in [4.69, 9.17) is 0 Å². The van der Waals surface area contributed by atoms with E-state index < -0.39 is 0 Å². The van der Waals surface area contributed by atoms with Gasteiger partial charge in [-0.2, -0.15) is 0 Å². The zero-order chi connectivity index (χ0) is 17.3. The number of hydrogen-bond acceptors (Lipinski definition) is 1. The van der Waals surface area contributed by atoms with Crippen molar-refractivity contribution in [2.45, 2.75) is 103 Å². The Kier molecular flexibility index (Phi) is 4.95. The molecule has 0 unspecified atom stereocenters. The highest BCUT2D eigenvalue weighted by molar-refractivity contribution is 5.90. The van der Waals surface area contributed by atoms with Crippen LogP contribution in [-0.2, 0) is 4.79 Å². The molecule has 4 aliphatic rings. The summed E-state index contributed by atoms with van der Waals surface area (Å²) < 4.78 is 0. The van der Waals surface area contributed by atoms with Crippen molar-refractivity contribution in [3.8, 4) is 0 Å². The standard InChI is InChI=1S/C24H36O/c1-2-3-4-6-11-19-16-24(20-12-7-5-8-13-20)18-23(17-22(24)25)15-10-9-14-21(19)23/h9,14,20H,2-8,10-13,15-18H2,1H3/t23-,24-/m1/s1. The largest absolute Gasteiger partial charge is 0.299 e.